The van der Waals surface area contributed by atoms with E-state index >= 15 is 0 Å². The van der Waals surface area contributed by atoms with Gasteiger partial charge in [-0.15, -0.1) is 0 Å². The summed E-state index contributed by atoms with van der Waals surface area (Å²) in [5.74, 6) is 0.217. The van der Waals surface area contributed by atoms with Gasteiger partial charge in [-0.2, -0.15) is 0 Å². The summed E-state index contributed by atoms with van der Waals surface area (Å²) in [6.45, 7) is 7.35. The van der Waals surface area contributed by atoms with Crippen LogP contribution in [0.3, 0.4) is 0 Å². The van der Waals surface area contributed by atoms with Gasteiger partial charge in [0.1, 0.15) is 6.04 Å². The van der Waals surface area contributed by atoms with Crippen molar-refractivity contribution in [2.24, 2.45) is 5.41 Å². The highest BCUT2D eigenvalue weighted by molar-refractivity contribution is 6.30. The van der Waals surface area contributed by atoms with Gasteiger partial charge in [-0.25, -0.2) is 0 Å². The Bertz CT molecular complexity index is 835. The Labute approximate surface area is 178 Å². The number of nitrogens with zero attached hydrogens (tertiary/aromatic N) is 1. The maximum Gasteiger partial charge on any atom is 0.251 e. The van der Waals surface area contributed by atoms with Gasteiger partial charge in [0.05, 0.1) is 0 Å². The maximum absolute atomic E-state index is 13.3. The fourth-order valence-corrected chi connectivity index (χ4v) is 3.93. The minimum atomic E-state index is -0.567. The van der Waals surface area contributed by atoms with Crippen molar-refractivity contribution in [1.82, 2.24) is 10.2 Å². The molecule has 0 saturated carbocycles. The molecule has 4 nitrogen and oxygen atoms in total. The molecule has 2 amide bonds. The second-order valence-corrected chi connectivity index (χ2v) is 9.23. The van der Waals surface area contributed by atoms with Crippen molar-refractivity contribution in [3.63, 3.8) is 0 Å². The summed E-state index contributed by atoms with van der Waals surface area (Å²) in [5, 5.41) is 3.71. The van der Waals surface area contributed by atoms with Crippen molar-refractivity contribution in [3.05, 3.63) is 70.7 Å². The number of carbonyl (C=O) groups is 2. The van der Waals surface area contributed by atoms with Crippen molar-refractivity contribution >= 4 is 23.4 Å². The van der Waals surface area contributed by atoms with Crippen LogP contribution >= 0.6 is 11.6 Å². The van der Waals surface area contributed by atoms with Gasteiger partial charge in [0.25, 0.3) is 5.91 Å². The first kappa shape index (κ1) is 21.4. The number of hydrogen-bond acceptors (Lipinski definition) is 2. The molecule has 1 aliphatic heterocycles. The fraction of sp³-hybridized carbons (Fsp3) is 0.417. The molecule has 0 aliphatic carbocycles. The van der Waals surface area contributed by atoms with Crippen LogP contribution in [-0.2, 0) is 4.79 Å². The van der Waals surface area contributed by atoms with Gasteiger partial charge in [0.15, 0.2) is 0 Å². The number of piperidine rings is 1. The molecular weight excluding hydrogens is 384 g/mol. The molecule has 1 saturated heterocycles. The highest BCUT2D eigenvalue weighted by atomic mass is 35.5. The van der Waals surface area contributed by atoms with Gasteiger partial charge in [0, 0.05) is 23.7 Å². The van der Waals surface area contributed by atoms with E-state index in [2.05, 4.69) is 17.4 Å². The normalized spacial score (nSPS) is 16.3. The van der Waals surface area contributed by atoms with Crippen molar-refractivity contribution in [3.8, 4) is 0 Å². The average Bonchev–Trinajstić information content (AvgIpc) is 2.72. The lowest BCUT2D eigenvalue weighted by Crippen LogP contribution is -2.56. The molecule has 1 atom stereocenters. The summed E-state index contributed by atoms with van der Waals surface area (Å²) in [7, 11) is 0. The Morgan fingerprint density at radius 2 is 1.59 bits per heavy atom. The summed E-state index contributed by atoms with van der Waals surface area (Å²) in [6.07, 6.45) is 1.83. The Morgan fingerprint density at radius 1 is 1.00 bits per heavy atom. The Hall–Kier alpha value is -2.33. The third kappa shape index (κ3) is 5.39. The lowest BCUT2D eigenvalue weighted by Gasteiger charge is -2.38. The van der Waals surface area contributed by atoms with E-state index in [9.17, 15) is 9.59 Å². The molecule has 1 unspecified atom stereocenters. The van der Waals surface area contributed by atoms with Crippen molar-refractivity contribution in [2.75, 3.05) is 13.1 Å². The molecule has 0 bridgehead atoms. The third-order valence-corrected chi connectivity index (χ3v) is 5.82. The van der Waals surface area contributed by atoms with E-state index in [0.29, 0.717) is 24.6 Å². The fourth-order valence-electron chi connectivity index (χ4n) is 3.80. The highest BCUT2D eigenvalue weighted by Gasteiger charge is 2.37. The molecule has 2 aromatic carbocycles. The second kappa shape index (κ2) is 9.00. The summed E-state index contributed by atoms with van der Waals surface area (Å²) in [5.41, 5.74) is 1.46. The number of hydrogen-bond donors (Lipinski definition) is 1. The van der Waals surface area contributed by atoms with Crippen molar-refractivity contribution in [2.45, 2.75) is 45.6 Å². The van der Waals surface area contributed by atoms with Gasteiger partial charge in [-0.05, 0) is 54.0 Å². The molecule has 5 heteroatoms. The van der Waals surface area contributed by atoms with Gasteiger partial charge in [0.2, 0.25) is 5.91 Å². The monoisotopic (exact) mass is 412 g/mol. The molecule has 1 heterocycles. The molecule has 3 rings (SSSR count). The maximum atomic E-state index is 13.3. The SMILES string of the molecule is CC(C)(C)C(NC(=O)c1ccccc1)C(=O)N1CCC(c2ccc(Cl)cc2)CC1. The molecule has 1 fully saturated rings. The number of nitrogens with one attached hydrogen (secondary N) is 1. The zero-order valence-corrected chi connectivity index (χ0v) is 18.1. The lowest BCUT2D eigenvalue weighted by atomic mass is 9.84. The first-order chi connectivity index (χ1) is 13.8. The number of rotatable bonds is 4. The zero-order chi connectivity index (χ0) is 21.0. The molecule has 0 spiro atoms. The zero-order valence-electron chi connectivity index (χ0n) is 17.3. The minimum absolute atomic E-state index is 0.00339. The van der Waals surface area contributed by atoms with Crippen LogP contribution < -0.4 is 5.32 Å². The molecular formula is C24H29ClN2O2. The Balaban J connectivity index is 1.66. The van der Waals surface area contributed by atoms with Crippen molar-refractivity contribution in [1.29, 1.82) is 0 Å². The van der Waals surface area contributed by atoms with Crippen LogP contribution in [0.4, 0.5) is 0 Å². The number of amides is 2. The quantitative estimate of drug-likeness (QED) is 0.777. The Morgan fingerprint density at radius 3 is 2.14 bits per heavy atom. The smallest absolute Gasteiger partial charge is 0.251 e. The summed E-state index contributed by atoms with van der Waals surface area (Å²) < 4.78 is 0. The summed E-state index contributed by atoms with van der Waals surface area (Å²) in [6, 6.07) is 16.5. The van der Waals surface area contributed by atoms with Gasteiger partial charge in [-0.3, -0.25) is 9.59 Å². The van der Waals surface area contributed by atoms with Crippen LogP contribution in [0.2, 0.25) is 5.02 Å². The van der Waals surface area contributed by atoms with E-state index in [1.165, 1.54) is 5.56 Å². The predicted octanol–water partition coefficient (Wildman–Crippen LogP) is 4.89. The van der Waals surface area contributed by atoms with Crippen LogP contribution in [0.15, 0.2) is 54.6 Å². The predicted molar refractivity (Wildman–Crippen MR) is 117 cm³/mol. The minimum Gasteiger partial charge on any atom is -0.341 e. The summed E-state index contributed by atoms with van der Waals surface area (Å²) in [4.78, 5) is 27.9. The van der Waals surface area contributed by atoms with E-state index in [1.807, 2.05) is 56.0 Å². The molecule has 154 valence electrons. The van der Waals surface area contributed by atoms with Gasteiger partial charge >= 0.3 is 0 Å². The standard InChI is InChI=1S/C24H29ClN2O2/c1-24(2,3)21(26-22(28)19-7-5-4-6-8-19)23(29)27-15-13-18(14-16-27)17-9-11-20(25)12-10-17/h4-12,18,21H,13-16H2,1-3H3,(H,26,28). The average molecular weight is 413 g/mol. The van der Waals surface area contributed by atoms with E-state index in [-0.39, 0.29) is 17.2 Å². The van der Waals surface area contributed by atoms with E-state index < -0.39 is 6.04 Å². The topological polar surface area (TPSA) is 49.4 Å². The largest absolute Gasteiger partial charge is 0.341 e. The Kier molecular flexibility index (Phi) is 6.63. The summed E-state index contributed by atoms with van der Waals surface area (Å²) >= 11 is 5.99. The van der Waals surface area contributed by atoms with Crippen LogP contribution in [0, 0.1) is 5.41 Å². The third-order valence-electron chi connectivity index (χ3n) is 5.57. The van der Waals surface area contributed by atoms with Crippen LogP contribution in [-0.4, -0.2) is 35.8 Å². The van der Waals surface area contributed by atoms with Crippen LogP contribution in [0.25, 0.3) is 0 Å². The van der Waals surface area contributed by atoms with Gasteiger partial charge < -0.3 is 10.2 Å². The first-order valence-corrected chi connectivity index (χ1v) is 10.5. The van der Waals surface area contributed by atoms with Crippen LogP contribution in [0.5, 0.6) is 0 Å². The van der Waals surface area contributed by atoms with Crippen molar-refractivity contribution < 1.29 is 9.59 Å². The van der Waals surface area contributed by atoms with Crippen LogP contribution in [0.1, 0.15) is 55.5 Å². The molecule has 0 radical (unpaired) electrons. The van der Waals surface area contributed by atoms with E-state index in [1.54, 1.807) is 12.1 Å². The number of carbonyl (C=O) groups excluding carboxylic acids is 2. The number of halogens is 1. The van der Waals surface area contributed by atoms with Gasteiger partial charge in [-0.1, -0.05) is 62.7 Å². The number of likely N-dealkylation sites (tertiary alicyclic amines) is 1. The lowest BCUT2D eigenvalue weighted by molar-refractivity contribution is -0.136. The molecule has 2 aromatic rings. The molecule has 1 aliphatic rings. The molecule has 29 heavy (non-hydrogen) atoms. The molecule has 0 aromatic heterocycles. The second-order valence-electron chi connectivity index (χ2n) is 8.79. The number of benzene rings is 2. The molecule has 1 N–H and O–H groups in total. The van der Waals surface area contributed by atoms with E-state index in [0.717, 1.165) is 17.9 Å². The highest BCUT2D eigenvalue weighted by Crippen LogP contribution is 2.30. The van der Waals surface area contributed by atoms with E-state index in [4.69, 9.17) is 11.6 Å². The first-order valence-electron chi connectivity index (χ1n) is 10.2.